The van der Waals surface area contributed by atoms with Gasteiger partial charge in [0.1, 0.15) is 0 Å². The number of hydrogen-bond acceptors (Lipinski definition) is 3. The Morgan fingerprint density at radius 2 is 1.84 bits per heavy atom. The van der Waals surface area contributed by atoms with Gasteiger partial charge in [0.25, 0.3) is 5.69 Å². The molecule has 0 saturated carbocycles. The second-order valence-electron chi connectivity index (χ2n) is 4.34. The summed E-state index contributed by atoms with van der Waals surface area (Å²) in [4.78, 5) is 14.6. The first kappa shape index (κ1) is 13.0. The molecule has 2 aromatic rings. The van der Waals surface area contributed by atoms with Gasteiger partial charge in [-0.05, 0) is 36.6 Å². The van der Waals surface area contributed by atoms with Gasteiger partial charge in [-0.2, -0.15) is 0 Å². The molecule has 0 amide bonds. The number of benzene rings is 2. The van der Waals surface area contributed by atoms with E-state index in [0.29, 0.717) is 0 Å². The van der Waals surface area contributed by atoms with Crippen molar-refractivity contribution in [1.29, 1.82) is 0 Å². The molecule has 96 valence electrons. The van der Waals surface area contributed by atoms with Crippen molar-refractivity contribution < 1.29 is 4.92 Å². The van der Waals surface area contributed by atoms with E-state index in [0.717, 1.165) is 22.4 Å². The molecule has 0 N–H and O–H groups in total. The average molecular weight is 254 g/mol. The summed E-state index contributed by atoms with van der Waals surface area (Å²) in [5.74, 6) is 0. The van der Waals surface area contributed by atoms with Crippen LogP contribution in [0.3, 0.4) is 0 Å². The number of nitro groups is 1. The Hall–Kier alpha value is -2.49. The lowest BCUT2D eigenvalue weighted by Crippen LogP contribution is -1.89. The third-order valence-corrected chi connectivity index (χ3v) is 2.92. The highest BCUT2D eigenvalue weighted by molar-refractivity contribution is 5.84. The molecule has 0 atom stereocenters. The zero-order valence-electron chi connectivity index (χ0n) is 10.8. The first-order chi connectivity index (χ1) is 9.08. The molecule has 0 saturated heterocycles. The molecule has 0 heterocycles. The van der Waals surface area contributed by atoms with Crippen LogP contribution >= 0.6 is 0 Å². The first-order valence-corrected chi connectivity index (χ1v) is 5.92. The Bertz CT molecular complexity index is 648. The fourth-order valence-corrected chi connectivity index (χ4v) is 1.77. The number of aryl methyl sites for hydroxylation is 2. The topological polar surface area (TPSA) is 55.5 Å². The van der Waals surface area contributed by atoms with Crippen LogP contribution in [0.1, 0.15) is 16.7 Å². The van der Waals surface area contributed by atoms with E-state index in [1.165, 1.54) is 12.1 Å². The lowest BCUT2D eigenvalue weighted by atomic mass is 10.1. The van der Waals surface area contributed by atoms with E-state index >= 15 is 0 Å². The van der Waals surface area contributed by atoms with Gasteiger partial charge >= 0.3 is 0 Å². The SMILES string of the molecule is Cc1ccccc1C=Nc1ccc([N+](=O)[O-])cc1C. The predicted octanol–water partition coefficient (Wildman–Crippen LogP) is 3.96. The smallest absolute Gasteiger partial charge is 0.258 e. The normalized spacial score (nSPS) is 10.8. The van der Waals surface area contributed by atoms with Crippen LogP contribution in [0.2, 0.25) is 0 Å². The van der Waals surface area contributed by atoms with E-state index in [1.807, 2.05) is 38.1 Å². The summed E-state index contributed by atoms with van der Waals surface area (Å²) in [6.45, 7) is 3.83. The van der Waals surface area contributed by atoms with Crippen LogP contribution in [-0.4, -0.2) is 11.1 Å². The minimum atomic E-state index is -0.401. The van der Waals surface area contributed by atoms with Gasteiger partial charge in [0.15, 0.2) is 0 Å². The quantitative estimate of drug-likeness (QED) is 0.473. The van der Waals surface area contributed by atoms with Crippen LogP contribution < -0.4 is 0 Å². The zero-order chi connectivity index (χ0) is 13.8. The van der Waals surface area contributed by atoms with Crippen molar-refractivity contribution in [3.05, 3.63) is 69.3 Å². The van der Waals surface area contributed by atoms with Gasteiger partial charge in [-0.1, -0.05) is 24.3 Å². The molecule has 4 heteroatoms. The van der Waals surface area contributed by atoms with Crippen LogP contribution in [0.4, 0.5) is 11.4 Å². The van der Waals surface area contributed by atoms with Crippen molar-refractivity contribution in [3.8, 4) is 0 Å². The molecule has 0 aliphatic rings. The van der Waals surface area contributed by atoms with Crippen LogP contribution in [0, 0.1) is 24.0 Å². The minimum absolute atomic E-state index is 0.0901. The summed E-state index contributed by atoms with van der Waals surface area (Å²) in [5, 5.41) is 10.7. The van der Waals surface area contributed by atoms with Crippen molar-refractivity contribution in [3.63, 3.8) is 0 Å². The Balaban J connectivity index is 2.29. The molecule has 0 unspecified atom stereocenters. The van der Waals surface area contributed by atoms with Gasteiger partial charge in [0, 0.05) is 18.3 Å². The maximum Gasteiger partial charge on any atom is 0.269 e. The Kier molecular flexibility index (Phi) is 3.71. The molecule has 0 radical (unpaired) electrons. The Morgan fingerprint density at radius 3 is 2.47 bits per heavy atom. The van der Waals surface area contributed by atoms with Crippen molar-refractivity contribution in [1.82, 2.24) is 0 Å². The fourth-order valence-electron chi connectivity index (χ4n) is 1.77. The van der Waals surface area contributed by atoms with Gasteiger partial charge < -0.3 is 0 Å². The van der Waals surface area contributed by atoms with Gasteiger partial charge in [-0.15, -0.1) is 0 Å². The summed E-state index contributed by atoms with van der Waals surface area (Å²) in [6.07, 6.45) is 1.78. The van der Waals surface area contributed by atoms with E-state index in [4.69, 9.17) is 0 Å². The lowest BCUT2D eigenvalue weighted by molar-refractivity contribution is -0.384. The molecule has 19 heavy (non-hydrogen) atoms. The van der Waals surface area contributed by atoms with Crippen LogP contribution in [-0.2, 0) is 0 Å². The monoisotopic (exact) mass is 254 g/mol. The van der Waals surface area contributed by atoms with E-state index < -0.39 is 4.92 Å². The highest BCUT2D eigenvalue weighted by atomic mass is 16.6. The second-order valence-corrected chi connectivity index (χ2v) is 4.34. The van der Waals surface area contributed by atoms with E-state index in [1.54, 1.807) is 12.3 Å². The molecule has 0 spiro atoms. The minimum Gasteiger partial charge on any atom is -0.258 e. The first-order valence-electron chi connectivity index (χ1n) is 5.92. The average Bonchev–Trinajstić information content (AvgIpc) is 2.39. The maximum absolute atomic E-state index is 10.7. The van der Waals surface area contributed by atoms with Gasteiger partial charge in [-0.25, -0.2) is 0 Å². The molecule has 0 aromatic heterocycles. The maximum atomic E-state index is 10.7. The number of non-ortho nitro benzene ring substituents is 1. The van der Waals surface area contributed by atoms with Crippen LogP contribution in [0.5, 0.6) is 0 Å². The number of rotatable bonds is 3. The van der Waals surface area contributed by atoms with Crippen LogP contribution in [0.25, 0.3) is 0 Å². The summed E-state index contributed by atoms with van der Waals surface area (Å²) in [5.41, 5.74) is 3.81. The number of aliphatic imine (C=N–C) groups is 1. The molecule has 0 fully saturated rings. The van der Waals surface area contributed by atoms with Crippen LogP contribution in [0.15, 0.2) is 47.5 Å². The van der Waals surface area contributed by atoms with Crippen molar-refractivity contribution in [2.24, 2.45) is 4.99 Å². The zero-order valence-corrected chi connectivity index (χ0v) is 10.8. The third kappa shape index (κ3) is 3.04. The summed E-state index contributed by atoms with van der Waals surface area (Å²) >= 11 is 0. The van der Waals surface area contributed by atoms with Crippen molar-refractivity contribution >= 4 is 17.6 Å². The number of hydrogen-bond donors (Lipinski definition) is 0. The fraction of sp³-hybridized carbons (Fsp3) is 0.133. The number of nitrogens with zero attached hydrogens (tertiary/aromatic N) is 2. The largest absolute Gasteiger partial charge is 0.269 e. The molecule has 2 aromatic carbocycles. The number of nitro benzene ring substituents is 1. The summed E-state index contributed by atoms with van der Waals surface area (Å²) in [7, 11) is 0. The Labute approximate surface area is 111 Å². The highest BCUT2D eigenvalue weighted by Gasteiger charge is 2.06. The molecule has 4 nitrogen and oxygen atoms in total. The molecular formula is C15H14N2O2. The van der Waals surface area contributed by atoms with E-state index in [9.17, 15) is 10.1 Å². The van der Waals surface area contributed by atoms with Crippen molar-refractivity contribution in [2.45, 2.75) is 13.8 Å². The predicted molar refractivity (Wildman–Crippen MR) is 76.3 cm³/mol. The molecular weight excluding hydrogens is 240 g/mol. The molecule has 2 rings (SSSR count). The van der Waals surface area contributed by atoms with E-state index in [2.05, 4.69) is 4.99 Å². The van der Waals surface area contributed by atoms with Gasteiger partial charge in [-0.3, -0.25) is 15.1 Å². The molecule has 0 bridgehead atoms. The standard InChI is InChI=1S/C15H14N2O2/c1-11-5-3-4-6-13(11)10-16-15-8-7-14(17(18)19)9-12(15)2/h3-10H,1-2H3. The third-order valence-electron chi connectivity index (χ3n) is 2.92. The summed E-state index contributed by atoms with van der Waals surface area (Å²) < 4.78 is 0. The lowest BCUT2D eigenvalue weighted by Gasteiger charge is -2.01. The molecule has 0 aliphatic carbocycles. The second kappa shape index (κ2) is 5.44. The summed E-state index contributed by atoms with van der Waals surface area (Å²) in [6, 6.07) is 12.6. The Morgan fingerprint density at radius 1 is 1.11 bits per heavy atom. The van der Waals surface area contributed by atoms with Gasteiger partial charge in [0.2, 0.25) is 0 Å². The molecule has 0 aliphatic heterocycles. The van der Waals surface area contributed by atoms with E-state index in [-0.39, 0.29) is 5.69 Å². The van der Waals surface area contributed by atoms with Crippen molar-refractivity contribution in [2.75, 3.05) is 0 Å². The highest BCUT2D eigenvalue weighted by Crippen LogP contribution is 2.23. The van der Waals surface area contributed by atoms with Gasteiger partial charge in [0.05, 0.1) is 10.6 Å².